The fourth-order valence-corrected chi connectivity index (χ4v) is 7.45. The van der Waals surface area contributed by atoms with Gasteiger partial charge in [-0.2, -0.15) is 0 Å². The van der Waals surface area contributed by atoms with Gasteiger partial charge >= 0.3 is 0 Å². The average molecular weight is 585 g/mol. The maximum atomic E-state index is 14.6. The van der Waals surface area contributed by atoms with E-state index in [0.717, 1.165) is 11.3 Å². The highest BCUT2D eigenvalue weighted by molar-refractivity contribution is 6.36. The number of Topliss-reactive ketones (excluding diaryl/α,β-unsaturated/α-hetero) is 3. The van der Waals surface area contributed by atoms with E-state index in [1.807, 2.05) is 41.3 Å². The van der Waals surface area contributed by atoms with Crippen LogP contribution < -0.4 is 4.90 Å². The molecule has 0 saturated carbocycles. The Labute approximate surface area is 245 Å². The van der Waals surface area contributed by atoms with Crippen molar-refractivity contribution in [3.05, 3.63) is 140 Å². The van der Waals surface area contributed by atoms with Gasteiger partial charge in [0, 0.05) is 43.4 Å². The van der Waals surface area contributed by atoms with E-state index in [4.69, 9.17) is 34.8 Å². The van der Waals surface area contributed by atoms with Crippen molar-refractivity contribution in [1.29, 1.82) is 0 Å². The van der Waals surface area contributed by atoms with E-state index in [-0.39, 0.29) is 17.3 Å². The Morgan fingerprint density at radius 2 is 1.38 bits per heavy atom. The SMILES string of the molecule is O=C(c1ccc(Cl)cc1)[C@@H]1[C@@H](c2ccc(Cl)cc2Cl)C2(C(=O)c3ccccc3C2=O)[C@H]2C=Cc3ccccc3N12. The number of rotatable bonds is 3. The van der Waals surface area contributed by atoms with Crippen LogP contribution >= 0.6 is 34.8 Å². The van der Waals surface area contributed by atoms with Crippen molar-refractivity contribution < 1.29 is 14.4 Å². The maximum absolute atomic E-state index is 14.6. The number of anilines is 1. The topological polar surface area (TPSA) is 54.5 Å². The number of nitrogens with zero attached hydrogens (tertiary/aromatic N) is 1. The zero-order valence-electron chi connectivity index (χ0n) is 20.9. The highest BCUT2D eigenvalue weighted by Gasteiger charge is 2.71. The van der Waals surface area contributed by atoms with Crippen LogP contribution in [0.2, 0.25) is 15.1 Å². The third-order valence-electron chi connectivity index (χ3n) is 8.41. The molecule has 1 fully saturated rings. The molecule has 0 unspecified atom stereocenters. The molecule has 3 atom stereocenters. The van der Waals surface area contributed by atoms with E-state index in [1.165, 1.54) is 0 Å². The summed E-state index contributed by atoms with van der Waals surface area (Å²) in [5, 5.41) is 1.20. The van der Waals surface area contributed by atoms with E-state index < -0.39 is 23.4 Å². The molecule has 40 heavy (non-hydrogen) atoms. The minimum absolute atomic E-state index is 0.240. The van der Waals surface area contributed by atoms with Crippen LogP contribution in [-0.4, -0.2) is 29.4 Å². The molecule has 3 aliphatic rings. The number of carbonyl (C=O) groups excluding carboxylic acids is 3. The molecule has 1 aliphatic carbocycles. The first-order valence-corrected chi connectivity index (χ1v) is 14.0. The summed E-state index contributed by atoms with van der Waals surface area (Å²) in [6.07, 6.45) is 3.81. The smallest absolute Gasteiger partial charge is 0.185 e. The summed E-state index contributed by atoms with van der Waals surface area (Å²) < 4.78 is 0. The van der Waals surface area contributed by atoms with E-state index in [0.29, 0.717) is 37.3 Å². The zero-order valence-corrected chi connectivity index (χ0v) is 23.1. The summed E-state index contributed by atoms with van der Waals surface area (Å²) in [6.45, 7) is 0. The predicted octanol–water partition coefficient (Wildman–Crippen LogP) is 7.96. The van der Waals surface area contributed by atoms with E-state index in [2.05, 4.69) is 0 Å². The number of benzene rings is 4. The van der Waals surface area contributed by atoms with Crippen LogP contribution in [0, 0.1) is 5.41 Å². The van der Waals surface area contributed by atoms with Crippen LogP contribution in [-0.2, 0) is 0 Å². The van der Waals surface area contributed by atoms with E-state index in [1.54, 1.807) is 66.7 Å². The van der Waals surface area contributed by atoms with E-state index in [9.17, 15) is 14.4 Å². The van der Waals surface area contributed by atoms with Gasteiger partial charge in [0.1, 0.15) is 11.5 Å². The highest BCUT2D eigenvalue weighted by Crippen LogP contribution is 2.61. The highest BCUT2D eigenvalue weighted by atomic mass is 35.5. The Morgan fingerprint density at radius 3 is 2.05 bits per heavy atom. The monoisotopic (exact) mass is 583 g/mol. The molecule has 0 radical (unpaired) electrons. The molecular weight excluding hydrogens is 565 g/mol. The molecule has 2 heterocycles. The van der Waals surface area contributed by atoms with Gasteiger partial charge in [-0.1, -0.05) is 95.5 Å². The lowest BCUT2D eigenvalue weighted by atomic mass is 9.64. The fraction of sp³-hybridized carbons (Fsp3) is 0.121. The minimum Gasteiger partial charge on any atom is -0.352 e. The molecule has 0 amide bonds. The van der Waals surface area contributed by atoms with Crippen LogP contribution in [0.5, 0.6) is 0 Å². The van der Waals surface area contributed by atoms with Gasteiger partial charge in [-0.05, 0) is 53.6 Å². The standard InChI is InChI=1S/C33H20Cl3NO3/c34-20-12-9-19(10-13-20)30(38)29-28(24-15-14-21(35)17-25(24)36)33(31(39)22-6-2-3-7-23(22)32(33)40)27-16-11-18-5-1-4-8-26(18)37(27)29/h1-17,27-29H/t27-,28-,29+/m1/s1. The Kier molecular flexibility index (Phi) is 5.79. The van der Waals surface area contributed by atoms with Gasteiger partial charge in [-0.25, -0.2) is 0 Å². The molecule has 0 aromatic heterocycles. The number of ketones is 3. The summed E-state index contributed by atoms with van der Waals surface area (Å²) in [5.41, 5.74) is 1.68. The molecule has 4 aromatic rings. The molecule has 196 valence electrons. The Hall–Kier alpha value is -3.70. The molecule has 4 nitrogen and oxygen atoms in total. The minimum atomic E-state index is -1.63. The van der Waals surface area contributed by atoms with Crippen molar-refractivity contribution >= 4 is 63.9 Å². The molecule has 4 aromatic carbocycles. The molecule has 7 heteroatoms. The summed E-state index contributed by atoms with van der Waals surface area (Å²) in [4.78, 5) is 45.8. The van der Waals surface area contributed by atoms with Crippen LogP contribution in [0.15, 0.2) is 97.1 Å². The van der Waals surface area contributed by atoms with Gasteiger partial charge in [0.15, 0.2) is 17.3 Å². The first-order chi connectivity index (χ1) is 19.3. The Bertz CT molecular complexity index is 1740. The molecule has 0 N–H and O–H groups in total. The second kappa shape index (κ2) is 9.17. The summed E-state index contributed by atoms with van der Waals surface area (Å²) in [5.74, 6) is -1.77. The largest absolute Gasteiger partial charge is 0.352 e. The fourth-order valence-electron chi connectivity index (χ4n) is 6.80. The summed E-state index contributed by atoms with van der Waals surface area (Å²) >= 11 is 19.3. The number of carbonyl (C=O) groups is 3. The number of halogens is 3. The predicted molar refractivity (Wildman–Crippen MR) is 158 cm³/mol. The molecule has 1 spiro atoms. The number of hydrogen-bond acceptors (Lipinski definition) is 4. The van der Waals surface area contributed by atoms with Crippen LogP contribution in [0.1, 0.15) is 48.1 Å². The van der Waals surface area contributed by atoms with Gasteiger partial charge < -0.3 is 4.90 Å². The lowest BCUT2D eigenvalue weighted by Gasteiger charge is -2.37. The van der Waals surface area contributed by atoms with Gasteiger partial charge in [0.25, 0.3) is 0 Å². The second-order valence-corrected chi connectivity index (χ2v) is 11.6. The number of fused-ring (bicyclic) bond motifs is 5. The van der Waals surface area contributed by atoms with Crippen molar-refractivity contribution in [3.63, 3.8) is 0 Å². The van der Waals surface area contributed by atoms with Gasteiger partial charge in [0.2, 0.25) is 0 Å². The molecule has 2 aliphatic heterocycles. The normalized spacial score (nSPS) is 21.9. The maximum Gasteiger partial charge on any atom is 0.185 e. The lowest BCUT2D eigenvalue weighted by molar-refractivity contribution is 0.0666. The third kappa shape index (κ3) is 3.37. The van der Waals surface area contributed by atoms with Crippen LogP contribution in [0.3, 0.4) is 0 Å². The molecule has 1 saturated heterocycles. The van der Waals surface area contributed by atoms with Gasteiger partial charge in [0.05, 0.1) is 6.04 Å². The van der Waals surface area contributed by atoms with Crippen LogP contribution in [0.4, 0.5) is 5.69 Å². The summed E-state index contributed by atoms with van der Waals surface area (Å²) in [7, 11) is 0. The number of para-hydroxylation sites is 1. The Balaban J connectivity index is 1.56. The van der Waals surface area contributed by atoms with Crippen molar-refractivity contribution in [2.24, 2.45) is 5.41 Å². The molecule has 0 bridgehead atoms. The van der Waals surface area contributed by atoms with Crippen LogP contribution in [0.25, 0.3) is 6.08 Å². The molecular formula is C33H20Cl3NO3. The van der Waals surface area contributed by atoms with E-state index >= 15 is 0 Å². The summed E-state index contributed by atoms with van der Waals surface area (Å²) in [6, 6.07) is 24.6. The van der Waals surface area contributed by atoms with Crippen molar-refractivity contribution in [3.8, 4) is 0 Å². The van der Waals surface area contributed by atoms with Gasteiger partial charge in [-0.3, -0.25) is 14.4 Å². The molecule has 7 rings (SSSR count). The van der Waals surface area contributed by atoms with Crippen molar-refractivity contribution in [2.45, 2.75) is 18.0 Å². The zero-order chi connectivity index (χ0) is 27.8. The first-order valence-electron chi connectivity index (χ1n) is 12.8. The first kappa shape index (κ1) is 25.3. The van der Waals surface area contributed by atoms with Crippen molar-refractivity contribution in [1.82, 2.24) is 0 Å². The average Bonchev–Trinajstić information content (AvgIpc) is 3.39. The number of hydrogen-bond donors (Lipinski definition) is 0. The second-order valence-electron chi connectivity index (χ2n) is 10.3. The Morgan fingerprint density at radius 1 is 0.750 bits per heavy atom. The third-order valence-corrected chi connectivity index (χ3v) is 9.22. The van der Waals surface area contributed by atoms with Crippen molar-refractivity contribution in [2.75, 3.05) is 4.90 Å². The quantitative estimate of drug-likeness (QED) is 0.181. The lowest BCUT2D eigenvalue weighted by Crippen LogP contribution is -2.48. The van der Waals surface area contributed by atoms with Gasteiger partial charge in [-0.15, -0.1) is 0 Å².